The number of amides is 3. The monoisotopic (exact) mass is 303 g/mol. The van der Waals surface area contributed by atoms with Gasteiger partial charge < -0.3 is 25.8 Å². The largest absolute Gasteiger partial charge is 0.480 e. The molecule has 0 bridgehead atoms. The topological polar surface area (TPSA) is 139 Å². The molecule has 0 aromatic rings. The van der Waals surface area contributed by atoms with E-state index in [-0.39, 0.29) is 19.7 Å². The predicted octanol–water partition coefficient (Wildman–Crippen LogP) is -0.700. The molecule has 21 heavy (non-hydrogen) atoms. The average Bonchev–Trinajstić information content (AvgIpc) is 2.36. The first-order valence-electron chi connectivity index (χ1n) is 6.53. The number of hydrogen-bond donors (Lipinski definition) is 3. The van der Waals surface area contributed by atoms with E-state index in [4.69, 9.17) is 15.6 Å². The standard InChI is InChI=1S/C12H21N3O6/c1-3-5-15(7-10(17)21-4-2)12(20)14-8(11(18)19)6-9(13)16/h8H,3-7H2,1-2H3,(H2,13,16)(H,14,20)(H,18,19). The van der Waals surface area contributed by atoms with Gasteiger partial charge in [0.25, 0.3) is 0 Å². The minimum atomic E-state index is -1.43. The number of nitrogens with two attached hydrogens (primary N) is 1. The van der Waals surface area contributed by atoms with Crippen LogP contribution in [0.25, 0.3) is 0 Å². The second-order valence-corrected chi connectivity index (χ2v) is 4.24. The minimum Gasteiger partial charge on any atom is -0.480 e. The van der Waals surface area contributed by atoms with Gasteiger partial charge in [0.1, 0.15) is 12.6 Å². The van der Waals surface area contributed by atoms with Crippen molar-refractivity contribution in [1.29, 1.82) is 0 Å². The Kier molecular flexibility index (Phi) is 8.51. The molecule has 120 valence electrons. The van der Waals surface area contributed by atoms with Crippen molar-refractivity contribution >= 4 is 23.9 Å². The van der Waals surface area contributed by atoms with E-state index >= 15 is 0 Å². The molecule has 0 aliphatic rings. The molecule has 3 amide bonds. The van der Waals surface area contributed by atoms with Gasteiger partial charge in [0.15, 0.2) is 0 Å². The molecule has 0 saturated heterocycles. The van der Waals surface area contributed by atoms with E-state index in [1.807, 2.05) is 0 Å². The summed E-state index contributed by atoms with van der Waals surface area (Å²) in [6, 6.07) is -2.20. The molecule has 0 radical (unpaired) electrons. The number of esters is 1. The molecule has 1 unspecified atom stereocenters. The lowest BCUT2D eigenvalue weighted by molar-refractivity contribution is -0.143. The lowest BCUT2D eigenvalue weighted by Crippen LogP contribution is -2.50. The first-order chi connectivity index (χ1) is 9.81. The summed E-state index contributed by atoms with van der Waals surface area (Å²) < 4.78 is 4.73. The highest BCUT2D eigenvalue weighted by Crippen LogP contribution is 1.99. The lowest BCUT2D eigenvalue weighted by atomic mass is 10.2. The maximum atomic E-state index is 12.0. The van der Waals surface area contributed by atoms with Crippen LogP contribution in [0, 0.1) is 0 Å². The SMILES string of the molecule is CCCN(CC(=O)OCC)C(=O)NC(CC(N)=O)C(=O)O. The van der Waals surface area contributed by atoms with Gasteiger partial charge in [0.05, 0.1) is 13.0 Å². The van der Waals surface area contributed by atoms with E-state index in [2.05, 4.69) is 5.32 Å². The Hall–Kier alpha value is -2.32. The Labute approximate surface area is 122 Å². The molecule has 0 aromatic carbocycles. The molecule has 0 aliphatic carbocycles. The van der Waals surface area contributed by atoms with Gasteiger partial charge in [-0.15, -0.1) is 0 Å². The van der Waals surface area contributed by atoms with Crippen LogP contribution in [-0.2, 0) is 19.1 Å². The number of rotatable bonds is 9. The maximum Gasteiger partial charge on any atom is 0.326 e. The molecule has 0 aromatic heterocycles. The van der Waals surface area contributed by atoms with Crippen LogP contribution in [0.2, 0.25) is 0 Å². The Morgan fingerprint density at radius 3 is 2.33 bits per heavy atom. The van der Waals surface area contributed by atoms with Crippen LogP contribution in [0.5, 0.6) is 0 Å². The first-order valence-corrected chi connectivity index (χ1v) is 6.53. The summed E-state index contributed by atoms with van der Waals surface area (Å²) in [7, 11) is 0. The van der Waals surface area contributed by atoms with Gasteiger partial charge in [-0.2, -0.15) is 0 Å². The Morgan fingerprint density at radius 2 is 1.90 bits per heavy atom. The van der Waals surface area contributed by atoms with Crippen LogP contribution in [0.3, 0.4) is 0 Å². The van der Waals surface area contributed by atoms with Gasteiger partial charge >= 0.3 is 18.0 Å². The first kappa shape index (κ1) is 18.7. The van der Waals surface area contributed by atoms with E-state index in [0.29, 0.717) is 6.42 Å². The summed E-state index contributed by atoms with van der Waals surface area (Å²) in [5.41, 5.74) is 4.92. The number of urea groups is 1. The fourth-order valence-electron chi connectivity index (χ4n) is 1.53. The van der Waals surface area contributed by atoms with E-state index < -0.39 is 36.3 Å². The van der Waals surface area contributed by atoms with Crippen LogP contribution < -0.4 is 11.1 Å². The Morgan fingerprint density at radius 1 is 1.29 bits per heavy atom. The van der Waals surface area contributed by atoms with E-state index in [0.717, 1.165) is 4.90 Å². The predicted molar refractivity (Wildman–Crippen MR) is 72.3 cm³/mol. The van der Waals surface area contributed by atoms with Gasteiger partial charge in [-0.1, -0.05) is 6.92 Å². The molecule has 0 heterocycles. The fraction of sp³-hybridized carbons (Fsp3) is 0.667. The summed E-state index contributed by atoms with van der Waals surface area (Å²) >= 11 is 0. The second kappa shape index (κ2) is 9.56. The normalized spacial score (nSPS) is 11.3. The highest BCUT2D eigenvalue weighted by atomic mass is 16.5. The molecule has 9 nitrogen and oxygen atoms in total. The molecular weight excluding hydrogens is 282 g/mol. The smallest absolute Gasteiger partial charge is 0.326 e. The number of carboxylic acids is 1. The van der Waals surface area contributed by atoms with Gasteiger partial charge in [0.2, 0.25) is 5.91 Å². The van der Waals surface area contributed by atoms with Crippen LogP contribution in [0.4, 0.5) is 4.79 Å². The van der Waals surface area contributed by atoms with Crippen molar-refractivity contribution in [2.75, 3.05) is 19.7 Å². The van der Waals surface area contributed by atoms with Crippen molar-refractivity contribution in [1.82, 2.24) is 10.2 Å². The van der Waals surface area contributed by atoms with Crippen molar-refractivity contribution in [3.8, 4) is 0 Å². The average molecular weight is 303 g/mol. The summed E-state index contributed by atoms with van der Waals surface area (Å²) in [4.78, 5) is 46.2. The molecule has 1 atom stereocenters. The third-order valence-electron chi connectivity index (χ3n) is 2.41. The highest BCUT2D eigenvalue weighted by Gasteiger charge is 2.25. The van der Waals surface area contributed by atoms with Crippen LogP contribution in [-0.4, -0.2) is 59.6 Å². The van der Waals surface area contributed by atoms with Crippen molar-refractivity contribution < 1.29 is 29.0 Å². The Bertz CT molecular complexity index is 398. The number of carbonyl (C=O) groups excluding carboxylic acids is 3. The summed E-state index contributed by atoms with van der Waals surface area (Å²) in [6.45, 7) is 3.56. The van der Waals surface area contributed by atoms with Crippen molar-refractivity contribution in [2.45, 2.75) is 32.7 Å². The summed E-state index contributed by atoms with van der Waals surface area (Å²) in [5, 5.41) is 11.1. The van der Waals surface area contributed by atoms with Gasteiger partial charge in [-0.25, -0.2) is 9.59 Å². The lowest BCUT2D eigenvalue weighted by Gasteiger charge is -2.23. The second-order valence-electron chi connectivity index (χ2n) is 4.24. The van der Waals surface area contributed by atoms with E-state index in [1.54, 1.807) is 13.8 Å². The van der Waals surface area contributed by atoms with Gasteiger partial charge in [-0.05, 0) is 13.3 Å². The van der Waals surface area contributed by atoms with Gasteiger partial charge in [0, 0.05) is 6.54 Å². The number of ether oxygens (including phenoxy) is 1. The number of nitrogens with one attached hydrogen (secondary N) is 1. The number of primary amides is 1. The summed E-state index contributed by atoms with van der Waals surface area (Å²) in [6.07, 6.45) is 0.0425. The van der Waals surface area contributed by atoms with E-state index in [1.165, 1.54) is 0 Å². The molecule has 0 saturated carbocycles. The van der Waals surface area contributed by atoms with Crippen LogP contribution >= 0.6 is 0 Å². The van der Waals surface area contributed by atoms with Crippen LogP contribution in [0.1, 0.15) is 26.7 Å². The number of nitrogens with zero attached hydrogens (tertiary/aromatic N) is 1. The highest BCUT2D eigenvalue weighted by molar-refractivity contribution is 5.88. The van der Waals surface area contributed by atoms with Crippen molar-refractivity contribution in [3.63, 3.8) is 0 Å². The number of hydrogen-bond acceptors (Lipinski definition) is 5. The molecule has 9 heteroatoms. The van der Waals surface area contributed by atoms with Crippen molar-refractivity contribution in [2.24, 2.45) is 5.73 Å². The zero-order valence-electron chi connectivity index (χ0n) is 12.1. The number of aliphatic carboxylic acids is 1. The number of carboxylic acid groups (broad SMARTS) is 1. The van der Waals surface area contributed by atoms with Crippen molar-refractivity contribution in [3.05, 3.63) is 0 Å². The number of carbonyl (C=O) groups is 4. The molecule has 4 N–H and O–H groups in total. The minimum absolute atomic E-state index is 0.180. The molecule has 0 spiro atoms. The zero-order valence-corrected chi connectivity index (χ0v) is 12.1. The quantitative estimate of drug-likeness (QED) is 0.481. The molecular formula is C12H21N3O6. The van der Waals surface area contributed by atoms with E-state index in [9.17, 15) is 19.2 Å². The van der Waals surface area contributed by atoms with Crippen LogP contribution in [0.15, 0.2) is 0 Å². The zero-order chi connectivity index (χ0) is 16.4. The third kappa shape index (κ3) is 7.75. The molecule has 0 rings (SSSR count). The third-order valence-corrected chi connectivity index (χ3v) is 2.41. The summed E-state index contributed by atoms with van der Waals surface area (Å²) in [5.74, 6) is -2.83. The Balaban J connectivity index is 4.74. The van der Waals surface area contributed by atoms with Gasteiger partial charge in [-0.3, -0.25) is 9.59 Å². The molecule has 0 aliphatic heterocycles. The fourth-order valence-corrected chi connectivity index (χ4v) is 1.53. The maximum absolute atomic E-state index is 12.0. The molecule has 0 fully saturated rings.